The molecule has 15 heavy (non-hydrogen) atoms. The summed E-state index contributed by atoms with van der Waals surface area (Å²) in [6, 6.07) is 4.60. The summed E-state index contributed by atoms with van der Waals surface area (Å²) in [7, 11) is 0. The fourth-order valence-electron chi connectivity index (χ4n) is 2.26. The second kappa shape index (κ2) is 3.88. The minimum atomic E-state index is 0.580. The van der Waals surface area contributed by atoms with E-state index in [2.05, 4.69) is 39.8 Å². The maximum Gasteiger partial charge on any atom is 0.122 e. The van der Waals surface area contributed by atoms with Crippen LogP contribution in [0.4, 0.5) is 0 Å². The number of benzene rings is 1. The van der Waals surface area contributed by atoms with Gasteiger partial charge in [0.05, 0.1) is 6.61 Å². The molecule has 1 aliphatic heterocycles. The predicted octanol–water partition coefficient (Wildman–Crippen LogP) is 3.87. The van der Waals surface area contributed by atoms with Gasteiger partial charge >= 0.3 is 0 Å². The molecule has 0 bridgehead atoms. The van der Waals surface area contributed by atoms with Crippen LogP contribution in [0.25, 0.3) is 0 Å². The summed E-state index contributed by atoms with van der Waals surface area (Å²) in [6.45, 7) is 9.90. The highest BCUT2D eigenvalue weighted by atomic mass is 16.5. The third kappa shape index (κ3) is 1.88. The van der Waals surface area contributed by atoms with Crippen molar-refractivity contribution in [2.75, 3.05) is 6.61 Å². The van der Waals surface area contributed by atoms with Crippen LogP contribution in [-0.2, 0) is 6.42 Å². The molecule has 0 saturated carbocycles. The van der Waals surface area contributed by atoms with Crippen molar-refractivity contribution in [3.05, 3.63) is 28.8 Å². The van der Waals surface area contributed by atoms with Crippen LogP contribution in [-0.4, -0.2) is 6.61 Å². The summed E-state index contributed by atoms with van der Waals surface area (Å²) >= 11 is 0. The zero-order valence-electron chi connectivity index (χ0n) is 10.1. The Bertz CT molecular complexity index is 329. The molecule has 0 fully saturated rings. The lowest BCUT2D eigenvalue weighted by atomic mass is 9.88. The Morgan fingerprint density at radius 3 is 2.20 bits per heavy atom. The normalized spacial score (nSPS) is 14.5. The first-order valence-corrected chi connectivity index (χ1v) is 5.89. The Kier molecular flexibility index (Phi) is 2.72. The molecule has 1 aliphatic rings. The third-order valence-electron chi connectivity index (χ3n) is 3.14. The van der Waals surface area contributed by atoms with Crippen molar-refractivity contribution in [3.8, 4) is 5.75 Å². The minimum Gasteiger partial charge on any atom is -0.493 e. The van der Waals surface area contributed by atoms with E-state index in [1.54, 1.807) is 0 Å². The fourth-order valence-corrected chi connectivity index (χ4v) is 2.26. The molecule has 0 unspecified atom stereocenters. The molecule has 82 valence electrons. The number of hydrogen-bond acceptors (Lipinski definition) is 1. The van der Waals surface area contributed by atoms with Gasteiger partial charge < -0.3 is 4.74 Å². The molecular weight excluding hydrogens is 184 g/mol. The van der Waals surface area contributed by atoms with Crippen LogP contribution >= 0.6 is 0 Å². The summed E-state index contributed by atoms with van der Waals surface area (Å²) < 4.78 is 5.62. The van der Waals surface area contributed by atoms with Crippen LogP contribution in [0.3, 0.4) is 0 Å². The molecule has 0 aromatic heterocycles. The number of hydrogen-bond donors (Lipinski definition) is 0. The smallest absolute Gasteiger partial charge is 0.122 e. The lowest BCUT2D eigenvalue weighted by molar-refractivity contribution is 0.356. The number of rotatable bonds is 2. The lowest BCUT2D eigenvalue weighted by Crippen LogP contribution is -1.99. The van der Waals surface area contributed by atoms with Gasteiger partial charge in [0.15, 0.2) is 0 Å². The fraction of sp³-hybridized carbons (Fsp3) is 0.571. The van der Waals surface area contributed by atoms with E-state index in [1.165, 1.54) is 16.7 Å². The van der Waals surface area contributed by atoms with E-state index >= 15 is 0 Å². The Labute approximate surface area is 92.5 Å². The van der Waals surface area contributed by atoms with Crippen LogP contribution in [0.15, 0.2) is 12.1 Å². The average Bonchev–Trinajstić information content (AvgIpc) is 2.61. The molecule has 0 spiro atoms. The summed E-state index contributed by atoms with van der Waals surface area (Å²) in [4.78, 5) is 0. The molecule has 0 N–H and O–H groups in total. The topological polar surface area (TPSA) is 9.23 Å². The molecule has 0 atom stereocenters. The predicted molar refractivity (Wildman–Crippen MR) is 63.8 cm³/mol. The maximum absolute atomic E-state index is 5.62. The van der Waals surface area contributed by atoms with Gasteiger partial charge in [0.2, 0.25) is 0 Å². The van der Waals surface area contributed by atoms with Crippen molar-refractivity contribution in [3.63, 3.8) is 0 Å². The molecule has 2 rings (SSSR count). The van der Waals surface area contributed by atoms with Gasteiger partial charge in [-0.3, -0.25) is 0 Å². The van der Waals surface area contributed by atoms with Gasteiger partial charge in [0.1, 0.15) is 5.75 Å². The number of fused-ring (bicyclic) bond motifs is 1. The SMILES string of the molecule is CC(C)c1cc2c(cc1C(C)C)OCC2. The zero-order chi connectivity index (χ0) is 11.0. The zero-order valence-corrected chi connectivity index (χ0v) is 10.1. The molecule has 1 nitrogen and oxygen atoms in total. The Balaban J connectivity index is 2.52. The van der Waals surface area contributed by atoms with Crippen molar-refractivity contribution in [2.24, 2.45) is 0 Å². The first kappa shape index (κ1) is 10.5. The van der Waals surface area contributed by atoms with Crippen LogP contribution < -0.4 is 4.74 Å². The molecule has 0 aliphatic carbocycles. The van der Waals surface area contributed by atoms with Crippen molar-refractivity contribution in [1.82, 2.24) is 0 Å². The van der Waals surface area contributed by atoms with E-state index in [4.69, 9.17) is 4.74 Å². The van der Waals surface area contributed by atoms with Gasteiger partial charge in [-0.15, -0.1) is 0 Å². The highest BCUT2D eigenvalue weighted by Crippen LogP contribution is 2.35. The Morgan fingerprint density at radius 2 is 1.60 bits per heavy atom. The van der Waals surface area contributed by atoms with Gasteiger partial charge in [0.25, 0.3) is 0 Å². The first-order valence-electron chi connectivity index (χ1n) is 5.89. The van der Waals surface area contributed by atoms with E-state index in [1.807, 2.05) is 0 Å². The van der Waals surface area contributed by atoms with Crippen molar-refractivity contribution in [2.45, 2.75) is 46.0 Å². The van der Waals surface area contributed by atoms with Gasteiger partial charge in [-0.05, 0) is 34.6 Å². The highest BCUT2D eigenvalue weighted by molar-refractivity contribution is 5.47. The van der Waals surface area contributed by atoms with E-state index in [-0.39, 0.29) is 0 Å². The molecule has 1 heteroatoms. The van der Waals surface area contributed by atoms with Gasteiger partial charge in [0, 0.05) is 6.42 Å². The van der Waals surface area contributed by atoms with E-state index in [0.29, 0.717) is 11.8 Å². The van der Waals surface area contributed by atoms with E-state index in [0.717, 1.165) is 18.8 Å². The maximum atomic E-state index is 5.62. The van der Waals surface area contributed by atoms with E-state index < -0.39 is 0 Å². The van der Waals surface area contributed by atoms with Crippen LogP contribution in [0, 0.1) is 0 Å². The van der Waals surface area contributed by atoms with E-state index in [9.17, 15) is 0 Å². The largest absolute Gasteiger partial charge is 0.493 e. The molecule has 0 amide bonds. The summed E-state index contributed by atoms with van der Waals surface area (Å²) in [5, 5.41) is 0. The molecule has 0 radical (unpaired) electrons. The van der Waals surface area contributed by atoms with Gasteiger partial charge in [-0.2, -0.15) is 0 Å². The van der Waals surface area contributed by atoms with Crippen LogP contribution in [0.1, 0.15) is 56.2 Å². The van der Waals surface area contributed by atoms with Gasteiger partial charge in [-0.1, -0.05) is 33.8 Å². The molecule has 1 heterocycles. The summed E-state index contributed by atoms with van der Waals surface area (Å²) in [5.41, 5.74) is 4.34. The van der Waals surface area contributed by atoms with Crippen molar-refractivity contribution in [1.29, 1.82) is 0 Å². The monoisotopic (exact) mass is 204 g/mol. The molecule has 1 aromatic carbocycles. The lowest BCUT2D eigenvalue weighted by Gasteiger charge is -2.17. The summed E-state index contributed by atoms with van der Waals surface area (Å²) in [5.74, 6) is 2.30. The van der Waals surface area contributed by atoms with Crippen LogP contribution in [0.5, 0.6) is 5.75 Å². The Morgan fingerprint density at radius 1 is 1.00 bits per heavy atom. The van der Waals surface area contributed by atoms with Gasteiger partial charge in [-0.25, -0.2) is 0 Å². The van der Waals surface area contributed by atoms with Crippen molar-refractivity contribution >= 4 is 0 Å². The van der Waals surface area contributed by atoms with Crippen molar-refractivity contribution < 1.29 is 4.74 Å². The number of ether oxygens (including phenoxy) is 1. The Hall–Kier alpha value is -0.980. The second-order valence-corrected chi connectivity index (χ2v) is 5.00. The second-order valence-electron chi connectivity index (χ2n) is 5.00. The molecule has 1 aromatic rings. The summed E-state index contributed by atoms with van der Waals surface area (Å²) in [6.07, 6.45) is 1.08. The molecule has 0 saturated heterocycles. The third-order valence-corrected chi connectivity index (χ3v) is 3.14. The quantitative estimate of drug-likeness (QED) is 0.710. The highest BCUT2D eigenvalue weighted by Gasteiger charge is 2.18. The van der Waals surface area contributed by atoms with Crippen LogP contribution in [0.2, 0.25) is 0 Å². The molecular formula is C14H20O. The standard InChI is InChI=1S/C14H20O/c1-9(2)12-7-11-5-6-15-14(11)8-13(12)10(3)4/h7-10H,5-6H2,1-4H3. The average molecular weight is 204 g/mol. The minimum absolute atomic E-state index is 0.580. The first-order chi connectivity index (χ1) is 7.09.